The van der Waals surface area contributed by atoms with Gasteiger partial charge in [0.2, 0.25) is 0 Å². The molecule has 0 heterocycles. The Labute approximate surface area is 67.1 Å². The number of carbonyl (C=O) groups is 1. The van der Waals surface area contributed by atoms with Crippen LogP contribution >= 0.6 is 0 Å². The summed E-state index contributed by atoms with van der Waals surface area (Å²) in [6.07, 6.45) is 0.596. The summed E-state index contributed by atoms with van der Waals surface area (Å²) >= 11 is 0. The molecule has 0 rings (SSSR count). The zero-order chi connectivity index (χ0) is 9.07. The van der Waals surface area contributed by atoms with E-state index in [1.807, 2.05) is 20.8 Å². The molecule has 0 aromatic carbocycles. The molecular weight excluding hydrogens is 142 g/mol. The molecule has 2 N–H and O–H groups in total. The lowest BCUT2D eigenvalue weighted by Crippen LogP contribution is -2.41. The second-order valence-electron chi connectivity index (χ2n) is 3.53. The van der Waals surface area contributed by atoms with Crippen molar-refractivity contribution in [3.05, 3.63) is 12.7 Å². The van der Waals surface area contributed by atoms with Crippen LogP contribution in [-0.2, 0) is 0 Å². The van der Waals surface area contributed by atoms with Crippen molar-refractivity contribution in [3.8, 4) is 0 Å². The molecule has 0 saturated heterocycles. The van der Waals surface area contributed by atoms with Crippen molar-refractivity contribution in [3.63, 3.8) is 0 Å². The Morgan fingerprint density at radius 1 is 1.64 bits per heavy atom. The third-order valence-corrected chi connectivity index (χ3v) is 1.45. The predicted octanol–water partition coefficient (Wildman–Crippen LogP) is 1.85. The molecule has 0 spiro atoms. The Balaban J connectivity index is 4.18. The molecule has 0 aliphatic rings. The van der Waals surface area contributed by atoms with Gasteiger partial charge >= 0.3 is 6.09 Å². The summed E-state index contributed by atoms with van der Waals surface area (Å²) in [6, 6.07) is -0.194. The molecular formula is C8H15NO2. The summed E-state index contributed by atoms with van der Waals surface area (Å²) in [7, 11) is 0. The van der Waals surface area contributed by atoms with Gasteiger partial charge in [-0.25, -0.2) is 4.79 Å². The Kier molecular flexibility index (Phi) is 3.11. The molecule has 0 aromatic rings. The molecule has 0 radical (unpaired) electrons. The first-order chi connectivity index (χ1) is 4.88. The lowest BCUT2D eigenvalue weighted by molar-refractivity contribution is 0.182. The van der Waals surface area contributed by atoms with Crippen molar-refractivity contribution < 1.29 is 9.90 Å². The van der Waals surface area contributed by atoms with Gasteiger partial charge in [0, 0.05) is 0 Å². The predicted molar refractivity (Wildman–Crippen MR) is 44.6 cm³/mol. The molecule has 0 aliphatic carbocycles. The maximum absolute atomic E-state index is 10.3. The Bertz CT molecular complexity index is 158. The summed E-state index contributed by atoms with van der Waals surface area (Å²) in [6.45, 7) is 9.42. The molecule has 1 unspecified atom stereocenters. The summed E-state index contributed by atoms with van der Waals surface area (Å²) in [5, 5.41) is 10.8. The van der Waals surface area contributed by atoms with Gasteiger partial charge in [0.25, 0.3) is 0 Å². The van der Waals surface area contributed by atoms with Crippen LogP contribution in [0.2, 0.25) is 0 Å². The highest BCUT2D eigenvalue weighted by Crippen LogP contribution is 2.19. The Morgan fingerprint density at radius 3 is 2.18 bits per heavy atom. The molecule has 3 heteroatoms. The molecule has 11 heavy (non-hydrogen) atoms. The quantitative estimate of drug-likeness (QED) is 0.601. The lowest BCUT2D eigenvalue weighted by atomic mass is 9.87. The molecule has 0 fully saturated rings. The standard InChI is InChI=1S/C8H15NO2/c1-5-6(8(2,3)4)9-7(10)11/h5-6,9H,1H2,2-4H3,(H,10,11). The summed E-state index contributed by atoms with van der Waals surface area (Å²) in [5.41, 5.74) is -0.111. The maximum atomic E-state index is 10.3. The number of nitrogens with one attached hydrogen (secondary N) is 1. The van der Waals surface area contributed by atoms with Gasteiger partial charge < -0.3 is 10.4 Å². The number of carboxylic acid groups (broad SMARTS) is 1. The van der Waals surface area contributed by atoms with Gasteiger partial charge in [0.15, 0.2) is 0 Å². The Morgan fingerprint density at radius 2 is 2.09 bits per heavy atom. The molecule has 3 nitrogen and oxygen atoms in total. The topological polar surface area (TPSA) is 49.3 Å². The first kappa shape index (κ1) is 10.0. The van der Waals surface area contributed by atoms with Crippen LogP contribution in [0.5, 0.6) is 0 Å². The Hall–Kier alpha value is -0.990. The van der Waals surface area contributed by atoms with E-state index >= 15 is 0 Å². The van der Waals surface area contributed by atoms with Crippen LogP contribution in [0.25, 0.3) is 0 Å². The normalized spacial score (nSPS) is 13.7. The average Bonchev–Trinajstić information content (AvgIpc) is 1.79. The van der Waals surface area contributed by atoms with Gasteiger partial charge in [-0.2, -0.15) is 0 Å². The zero-order valence-electron chi connectivity index (χ0n) is 7.22. The second-order valence-corrected chi connectivity index (χ2v) is 3.53. The fourth-order valence-corrected chi connectivity index (χ4v) is 0.762. The minimum absolute atomic E-state index is 0.111. The second kappa shape index (κ2) is 3.42. The van der Waals surface area contributed by atoms with Crippen LogP contribution in [-0.4, -0.2) is 17.2 Å². The van der Waals surface area contributed by atoms with Crippen molar-refractivity contribution in [2.75, 3.05) is 0 Å². The average molecular weight is 157 g/mol. The third kappa shape index (κ3) is 3.65. The summed E-state index contributed by atoms with van der Waals surface area (Å²) < 4.78 is 0. The smallest absolute Gasteiger partial charge is 0.405 e. The van der Waals surface area contributed by atoms with E-state index in [9.17, 15) is 4.79 Å². The minimum Gasteiger partial charge on any atom is -0.465 e. The van der Waals surface area contributed by atoms with Crippen LogP contribution < -0.4 is 5.32 Å². The highest BCUT2D eigenvalue weighted by molar-refractivity contribution is 5.65. The first-order valence-electron chi connectivity index (χ1n) is 3.50. The van der Waals surface area contributed by atoms with Crippen molar-refractivity contribution in [2.45, 2.75) is 26.8 Å². The summed E-state index contributed by atoms with van der Waals surface area (Å²) in [4.78, 5) is 10.3. The first-order valence-corrected chi connectivity index (χ1v) is 3.50. The fraction of sp³-hybridized carbons (Fsp3) is 0.625. The van der Waals surface area contributed by atoms with Crippen LogP contribution in [0.4, 0.5) is 4.79 Å². The fourth-order valence-electron chi connectivity index (χ4n) is 0.762. The van der Waals surface area contributed by atoms with E-state index in [2.05, 4.69) is 11.9 Å². The van der Waals surface area contributed by atoms with E-state index in [0.29, 0.717) is 0 Å². The van der Waals surface area contributed by atoms with Crippen LogP contribution in [0.3, 0.4) is 0 Å². The van der Waals surface area contributed by atoms with Crippen molar-refractivity contribution in [2.24, 2.45) is 5.41 Å². The van der Waals surface area contributed by atoms with Crippen LogP contribution in [0.1, 0.15) is 20.8 Å². The molecule has 0 aromatic heterocycles. The number of hydrogen-bond donors (Lipinski definition) is 2. The largest absolute Gasteiger partial charge is 0.465 e. The van der Waals surface area contributed by atoms with Gasteiger partial charge in [-0.15, -0.1) is 6.58 Å². The third-order valence-electron chi connectivity index (χ3n) is 1.45. The molecule has 0 bridgehead atoms. The zero-order valence-corrected chi connectivity index (χ0v) is 7.22. The van der Waals surface area contributed by atoms with E-state index in [-0.39, 0.29) is 11.5 Å². The highest BCUT2D eigenvalue weighted by atomic mass is 16.4. The SMILES string of the molecule is C=CC(NC(=O)O)C(C)(C)C. The van der Waals surface area contributed by atoms with Gasteiger partial charge in [0.05, 0.1) is 6.04 Å². The summed E-state index contributed by atoms with van der Waals surface area (Å²) in [5.74, 6) is 0. The van der Waals surface area contributed by atoms with E-state index in [1.54, 1.807) is 6.08 Å². The molecule has 0 saturated carbocycles. The van der Waals surface area contributed by atoms with E-state index in [0.717, 1.165) is 0 Å². The van der Waals surface area contributed by atoms with Gasteiger partial charge in [0.1, 0.15) is 0 Å². The van der Waals surface area contributed by atoms with Crippen LogP contribution in [0, 0.1) is 5.41 Å². The molecule has 1 atom stereocenters. The molecule has 1 amide bonds. The number of rotatable bonds is 2. The highest BCUT2D eigenvalue weighted by Gasteiger charge is 2.22. The van der Waals surface area contributed by atoms with Gasteiger partial charge in [-0.05, 0) is 5.41 Å². The number of amides is 1. The van der Waals surface area contributed by atoms with Crippen molar-refractivity contribution in [1.82, 2.24) is 5.32 Å². The van der Waals surface area contributed by atoms with Crippen molar-refractivity contribution in [1.29, 1.82) is 0 Å². The molecule has 0 aliphatic heterocycles. The van der Waals surface area contributed by atoms with E-state index < -0.39 is 6.09 Å². The van der Waals surface area contributed by atoms with E-state index in [1.165, 1.54) is 0 Å². The van der Waals surface area contributed by atoms with E-state index in [4.69, 9.17) is 5.11 Å². The number of hydrogen-bond acceptors (Lipinski definition) is 1. The lowest BCUT2D eigenvalue weighted by Gasteiger charge is -2.27. The minimum atomic E-state index is -1.01. The molecule has 64 valence electrons. The van der Waals surface area contributed by atoms with Crippen molar-refractivity contribution >= 4 is 6.09 Å². The van der Waals surface area contributed by atoms with Gasteiger partial charge in [-0.3, -0.25) is 0 Å². The maximum Gasteiger partial charge on any atom is 0.405 e. The van der Waals surface area contributed by atoms with Gasteiger partial charge in [-0.1, -0.05) is 26.8 Å². The van der Waals surface area contributed by atoms with Crippen LogP contribution in [0.15, 0.2) is 12.7 Å². The monoisotopic (exact) mass is 157 g/mol.